The zero-order valence-corrected chi connectivity index (χ0v) is 5.42. The van der Waals surface area contributed by atoms with Gasteiger partial charge >= 0.3 is 0 Å². The lowest BCUT2D eigenvalue weighted by molar-refractivity contribution is 1.13. The van der Waals surface area contributed by atoms with Crippen LogP contribution < -0.4 is 0 Å². The van der Waals surface area contributed by atoms with E-state index in [1.54, 1.807) is 24.5 Å². The maximum Gasteiger partial charge on any atom is 0.152 e. The van der Waals surface area contributed by atoms with Crippen molar-refractivity contribution < 1.29 is 0 Å². The molecule has 0 aliphatic heterocycles. The molecule has 1 aromatic heterocycles. The fraction of sp³-hybridized carbons (Fsp3) is 0. The van der Waals surface area contributed by atoms with E-state index in [4.69, 9.17) is 11.6 Å². The molecule has 1 aromatic rings. The number of halogens is 1. The van der Waals surface area contributed by atoms with E-state index in [1.165, 1.54) is 5.54 Å². The Labute approximate surface area is 58.2 Å². The molecule has 0 unspecified atom stereocenters. The van der Waals surface area contributed by atoms with E-state index in [0.717, 1.165) is 0 Å². The van der Waals surface area contributed by atoms with E-state index in [-0.39, 0.29) is 0 Å². The normalized spacial score (nSPS) is 10.3. The number of hydrogen-bond donors (Lipinski definition) is 0. The van der Waals surface area contributed by atoms with Crippen LogP contribution in [0.15, 0.2) is 24.0 Å². The van der Waals surface area contributed by atoms with E-state index in [2.05, 4.69) is 9.97 Å². The van der Waals surface area contributed by atoms with Gasteiger partial charge in [0.05, 0.1) is 0 Å². The molecular weight excluding hydrogens is 136 g/mol. The summed E-state index contributed by atoms with van der Waals surface area (Å²) in [7, 11) is 0. The van der Waals surface area contributed by atoms with Gasteiger partial charge < -0.3 is 0 Å². The van der Waals surface area contributed by atoms with Crippen molar-refractivity contribution in [3.63, 3.8) is 0 Å². The van der Waals surface area contributed by atoms with E-state index in [9.17, 15) is 0 Å². The summed E-state index contributed by atoms with van der Waals surface area (Å²) in [6, 6.07) is 1.76. The minimum Gasteiger partial charge on any atom is -0.237 e. The van der Waals surface area contributed by atoms with Crippen LogP contribution in [0, 0.1) is 0 Å². The van der Waals surface area contributed by atoms with Crippen LogP contribution in [0.2, 0.25) is 0 Å². The smallest absolute Gasteiger partial charge is 0.152 e. The fourth-order valence-corrected chi connectivity index (χ4v) is 0.566. The van der Waals surface area contributed by atoms with E-state index in [0.29, 0.717) is 5.82 Å². The van der Waals surface area contributed by atoms with Gasteiger partial charge in [-0.15, -0.1) is 0 Å². The molecule has 0 saturated carbocycles. The highest BCUT2D eigenvalue weighted by Crippen LogP contribution is 1.91. The molecule has 0 saturated heterocycles. The third-order valence-corrected chi connectivity index (χ3v) is 0.924. The third kappa shape index (κ3) is 1.82. The Kier molecular flexibility index (Phi) is 2.22. The zero-order chi connectivity index (χ0) is 6.53. The minimum atomic E-state index is 0.632. The van der Waals surface area contributed by atoms with Crippen LogP contribution in [-0.2, 0) is 0 Å². The molecule has 0 aromatic carbocycles. The Morgan fingerprint density at radius 1 is 1.33 bits per heavy atom. The van der Waals surface area contributed by atoms with Crippen molar-refractivity contribution in [2.45, 2.75) is 0 Å². The summed E-state index contributed by atoms with van der Waals surface area (Å²) in [6.45, 7) is 0. The molecule has 3 heteroatoms. The van der Waals surface area contributed by atoms with Gasteiger partial charge in [0.2, 0.25) is 0 Å². The van der Waals surface area contributed by atoms with Crippen LogP contribution in [0.5, 0.6) is 0 Å². The summed E-state index contributed by atoms with van der Waals surface area (Å²) in [5, 5.41) is 0. The van der Waals surface area contributed by atoms with Gasteiger partial charge in [0.25, 0.3) is 0 Å². The van der Waals surface area contributed by atoms with Gasteiger partial charge in [-0.1, -0.05) is 11.6 Å². The first-order chi connectivity index (χ1) is 4.43. The maximum absolute atomic E-state index is 5.28. The van der Waals surface area contributed by atoms with Crippen molar-refractivity contribution in [3.05, 3.63) is 29.8 Å². The molecule has 0 atom stereocenters. The van der Waals surface area contributed by atoms with Gasteiger partial charge in [-0.05, 0) is 12.1 Å². The van der Waals surface area contributed by atoms with Gasteiger partial charge in [-0.25, -0.2) is 9.97 Å². The summed E-state index contributed by atoms with van der Waals surface area (Å²) in [5.74, 6) is 0.632. The molecule has 0 bridgehead atoms. The lowest BCUT2D eigenvalue weighted by atomic mass is 10.5. The molecule has 0 spiro atoms. The first-order valence-corrected chi connectivity index (χ1v) is 2.91. The monoisotopic (exact) mass is 140 g/mol. The predicted molar refractivity (Wildman–Crippen MR) is 36.9 cm³/mol. The van der Waals surface area contributed by atoms with Gasteiger partial charge in [0, 0.05) is 17.9 Å². The predicted octanol–water partition coefficient (Wildman–Crippen LogP) is 1.69. The summed E-state index contributed by atoms with van der Waals surface area (Å²) < 4.78 is 0. The van der Waals surface area contributed by atoms with Gasteiger partial charge in [0.15, 0.2) is 5.82 Å². The minimum absolute atomic E-state index is 0.632. The van der Waals surface area contributed by atoms with Gasteiger partial charge in [0.1, 0.15) is 0 Å². The lowest BCUT2D eigenvalue weighted by Gasteiger charge is -1.84. The second kappa shape index (κ2) is 3.20. The van der Waals surface area contributed by atoms with Crippen LogP contribution in [-0.4, -0.2) is 9.97 Å². The summed E-state index contributed by atoms with van der Waals surface area (Å²) in [5.41, 5.74) is 1.38. The Bertz CT molecular complexity index is 195. The van der Waals surface area contributed by atoms with Gasteiger partial charge in [-0.2, -0.15) is 0 Å². The molecular formula is C6H5ClN2. The van der Waals surface area contributed by atoms with Crippen LogP contribution in [0.1, 0.15) is 5.82 Å². The average molecular weight is 141 g/mol. The van der Waals surface area contributed by atoms with Crippen molar-refractivity contribution >= 4 is 17.7 Å². The quantitative estimate of drug-likeness (QED) is 0.593. The highest BCUT2D eigenvalue weighted by atomic mass is 35.5. The molecule has 0 radical (unpaired) electrons. The fourth-order valence-electron chi connectivity index (χ4n) is 0.453. The van der Waals surface area contributed by atoms with E-state index >= 15 is 0 Å². The third-order valence-electron chi connectivity index (χ3n) is 0.798. The molecule has 9 heavy (non-hydrogen) atoms. The van der Waals surface area contributed by atoms with E-state index < -0.39 is 0 Å². The summed E-state index contributed by atoms with van der Waals surface area (Å²) in [4.78, 5) is 7.77. The zero-order valence-electron chi connectivity index (χ0n) is 4.66. The first-order valence-electron chi connectivity index (χ1n) is 2.47. The van der Waals surface area contributed by atoms with Crippen LogP contribution in [0.25, 0.3) is 6.08 Å². The molecule has 1 rings (SSSR count). The second-order valence-electron chi connectivity index (χ2n) is 1.40. The largest absolute Gasteiger partial charge is 0.237 e. The Balaban J connectivity index is 2.85. The SMILES string of the molecule is ClC=Cc1ncccn1. The summed E-state index contributed by atoms with van der Waals surface area (Å²) >= 11 is 5.28. The standard InChI is InChI=1S/C6H5ClN2/c7-3-2-6-8-4-1-5-9-6/h1-5H. The Hall–Kier alpha value is -0.890. The number of rotatable bonds is 1. The van der Waals surface area contributed by atoms with E-state index in [1.807, 2.05) is 0 Å². The summed E-state index contributed by atoms with van der Waals surface area (Å²) in [6.07, 6.45) is 4.96. The molecule has 0 aliphatic rings. The first kappa shape index (κ1) is 6.23. The number of hydrogen-bond acceptors (Lipinski definition) is 2. The highest BCUT2D eigenvalue weighted by molar-refractivity contribution is 6.27. The molecule has 0 N–H and O–H groups in total. The molecule has 46 valence electrons. The Morgan fingerprint density at radius 3 is 2.56 bits per heavy atom. The molecule has 0 fully saturated rings. The highest BCUT2D eigenvalue weighted by Gasteiger charge is 1.81. The molecule has 0 amide bonds. The maximum atomic E-state index is 5.28. The molecule has 2 nitrogen and oxygen atoms in total. The topological polar surface area (TPSA) is 25.8 Å². The molecule has 0 aliphatic carbocycles. The molecule has 1 heterocycles. The van der Waals surface area contributed by atoms with Crippen LogP contribution in [0.3, 0.4) is 0 Å². The Morgan fingerprint density at radius 2 is 2.00 bits per heavy atom. The average Bonchev–Trinajstić information content (AvgIpc) is 1.91. The van der Waals surface area contributed by atoms with Crippen LogP contribution >= 0.6 is 11.6 Å². The number of nitrogens with zero attached hydrogens (tertiary/aromatic N) is 2. The van der Waals surface area contributed by atoms with Gasteiger partial charge in [-0.3, -0.25) is 0 Å². The van der Waals surface area contributed by atoms with Crippen LogP contribution in [0.4, 0.5) is 0 Å². The van der Waals surface area contributed by atoms with Crippen molar-refractivity contribution in [3.8, 4) is 0 Å². The number of aromatic nitrogens is 2. The van der Waals surface area contributed by atoms with Crippen molar-refractivity contribution in [2.75, 3.05) is 0 Å². The van der Waals surface area contributed by atoms with Crippen molar-refractivity contribution in [1.29, 1.82) is 0 Å². The lowest BCUT2D eigenvalue weighted by Crippen LogP contribution is -1.81. The van der Waals surface area contributed by atoms with Crippen molar-refractivity contribution in [1.82, 2.24) is 9.97 Å². The van der Waals surface area contributed by atoms with Crippen molar-refractivity contribution in [2.24, 2.45) is 0 Å². The second-order valence-corrected chi connectivity index (χ2v) is 1.65.